The number of amides is 3. The monoisotopic (exact) mass is 451 g/mol. The maximum absolute atomic E-state index is 12.7. The van der Waals surface area contributed by atoms with Crippen molar-refractivity contribution in [3.63, 3.8) is 0 Å². The molecule has 2 aromatic carbocycles. The van der Waals surface area contributed by atoms with E-state index in [2.05, 4.69) is 26.1 Å². The predicted molar refractivity (Wildman–Crippen MR) is 124 cm³/mol. The summed E-state index contributed by atoms with van der Waals surface area (Å²) in [6, 6.07) is 10.6. The van der Waals surface area contributed by atoms with Crippen LogP contribution in [0.2, 0.25) is 0 Å². The van der Waals surface area contributed by atoms with Crippen LogP contribution in [0.4, 0.5) is 5.69 Å². The molecule has 0 radical (unpaired) electrons. The van der Waals surface area contributed by atoms with Crippen molar-refractivity contribution in [2.24, 2.45) is 5.92 Å². The Hall–Kier alpha value is -4.21. The van der Waals surface area contributed by atoms with Crippen molar-refractivity contribution in [3.05, 3.63) is 74.3 Å². The Morgan fingerprint density at radius 2 is 1.61 bits per heavy atom. The van der Waals surface area contributed by atoms with Gasteiger partial charge in [0.15, 0.2) is 0 Å². The van der Waals surface area contributed by atoms with Crippen LogP contribution in [0.25, 0.3) is 10.8 Å². The highest BCUT2D eigenvalue weighted by Gasteiger charge is 2.25. The number of nitrogens with one attached hydrogen (secondary N) is 5. The molecule has 33 heavy (non-hydrogen) atoms. The molecular weight excluding hydrogens is 426 g/mol. The molecule has 1 aromatic heterocycles. The Labute approximate surface area is 188 Å². The normalized spacial score (nSPS) is 11.8. The molecule has 1 unspecified atom stereocenters. The van der Waals surface area contributed by atoms with Gasteiger partial charge in [0.2, 0.25) is 11.8 Å². The minimum absolute atomic E-state index is 0.0337. The number of hydrogen-bond acceptors (Lipinski definition) is 5. The van der Waals surface area contributed by atoms with Crippen LogP contribution in [-0.2, 0) is 9.59 Å². The highest BCUT2D eigenvalue weighted by molar-refractivity contribution is 6.03. The fourth-order valence-electron chi connectivity index (χ4n) is 3.27. The van der Waals surface area contributed by atoms with Gasteiger partial charge in [0, 0.05) is 5.56 Å². The van der Waals surface area contributed by atoms with Crippen LogP contribution >= 0.6 is 0 Å². The number of H-pyrrole nitrogens is 2. The van der Waals surface area contributed by atoms with Crippen molar-refractivity contribution >= 4 is 34.2 Å². The standard InChI is InChI=1S/C23H25N5O5/c1-12(2)19(26-20(30)14-9-7-13(3)8-10-14)23(33)24-11-17(29)25-16-6-4-5-15-18(16)22(32)28-27-21(15)31/h4-10,12,19H,11H2,1-3H3,(H,24,33)(H,25,29)(H,26,30)(H,27,31)(H,28,32). The van der Waals surface area contributed by atoms with E-state index in [-0.39, 0.29) is 28.9 Å². The van der Waals surface area contributed by atoms with E-state index in [4.69, 9.17) is 0 Å². The quantitative estimate of drug-likeness (QED) is 0.363. The lowest BCUT2D eigenvalue weighted by molar-refractivity contribution is -0.126. The number of carbonyl (C=O) groups excluding carboxylic acids is 3. The maximum atomic E-state index is 12.7. The molecule has 0 aliphatic carbocycles. The Kier molecular flexibility index (Phi) is 7.07. The lowest BCUT2D eigenvalue weighted by atomic mass is 10.0. The van der Waals surface area contributed by atoms with Crippen LogP contribution in [0.3, 0.4) is 0 Å². The van der Waals surface area contributed by atoms with Crippen LogP contribution in [-0.4, -0.2) is 40.5 Å². The zero-order chi connectivity index (χ0) is 24.1. The Morgan fingerprint density at radius 3 is 2.27 bits per heavy atom. The summed E-state index contributed by atoms with van der Waals surface area (Å²) in [6.45, 7) is 5.07. The number of rotatable bonds is 7. The second kappa shape index (κ2) is 9.94. The molecule has 0 bridgehead atoms. The second-order valence-corrected chi connectivity index (χ2v) is 7.96. The third kappa shape index (κ3) is 5.53. The van der Waals surface area contributed by atoms with Crippen LogP contribution in [0.5, 0.6) is 0 Å². The molecule has 5 N–H and O–H groups in total. The van der Waals surface area contributed by atoms with Gasteiger partial charge in [-0.15, -0.1) is 0 Å². The van der Waals surface area contributed by atoms with Gasteiger partial charge in [0.1, 0.15) is 6.04 Å². The lowest BCUT2D eigenvalue weighted by Gasteiger charge is -2.21. The largest absolute Gasteiger partial charge is 0.345 e. The van der Waals surface area contributed by atoms with Crippen LogP contribution in [0.1, 0.15) is 29.8 Å². The fraction of sp³-hybridized carbons (Fsp3) is 0.261. The van der Waals surface area contributed by atoms with E-state index in [1.165, 1.54) is 18.2 Å². The van der Waals surface area contributed by atoms with Crippen molar-refractivity contribution in [1.29, 1.82) is 0 Å². The molecule has 0 fully saturated rings. The second-order valence-electron chi connectivity index (χ2n) is 7.96. The maximum Gasteiger partial charge on any atom is 0.272 e. The number of benzene rings is 2. The molecule has 1 atom stereocenters. The average molecular weight is 451 g/mol. The summed E-state index contributed by atoms with van der Waals surface area (Å²) in [4.78, 5) is 61.6. The van der Waals surface area contributed by atoms with E-state index in [0.29, 0.717) is 5.56 Å². The number of aromatic nitrogens is 2. The highest BCUT2D eigenvalue weighted by atomic mass is 16.2. The van der Waals surface area contributed by atoms with E-state index >= 15 is 0 Å². The molecule has 3 rings (SSSR count). The molecule has 0 saturated heterocycles. The van der Waals surface area contributed by atoms with Gasteiger partial charge in [-0.1, -0.05) is 37.6 Å². The number of aryl methyl sites for hydroxylation is 1. The Morgan fingerprint density at radius 1 is 0.939 bits per heavy atom. The van der Waals surface area contributed by atoms with E-state index in [9.17, 15) is 24.0 Å². The molecule has 3 amide bonds. The first kappa shape index (κ1) is 23.5. The zero-order valence-corrected chi connectivity index (χ0v) is 18.4. The summed E-state index contributed by atoms with van der Waals surface area (Å²) < 4.78 is 0. The van der Waals surface area contributed by atoms with Gasteiger partial charge in [0.25, 0.3) is 17.0 Å². The minimum Gasteiger partial charge on any atom is -0.345 e. The van der Waals surface area contributed by atoms with E-state index in [0.717, 1.165) is 5.56 Å². The first-order valence-corrected chi connectivity index (χ1v) is 10.4. The molecule has 0 aliphatic rings. The topological polar surface area (TPSA) is 153 Å². The summed E-state index contributed by atoms with van der Waals surface area (Å²) in [6.07, 6.45) is 0. The number of hydrogen-bond donors (Lipinski definition) is 5. The van der Waals surface area contributed by atoms with Crippen molar-refractivity contribution < 1.29 is 14.4 Å². The minimum atomic E-state index is -0.856. The first-order valence-electron chi connectivity index (χ1n) is 10.4. The van der Waals surface area contributed by atoms with E-state index in [1.807, 2.05) is 6.92 Å². The number of aromatic amines is 2. The smallest absolute Gasteiger partial charge is 0.272 e. The van der Waals surface area contributed by atoms with Crippen LogP contribution < -0.4 is 27.1 Å². The molecule has 172 valence electrons. The molecule has 10 heteroatoms. The van der Waals surface area contributed by atoms with Gasteiger partial charge < -0.3 is 16.0 Å². The van der Waals surface area contributed by atoms with E-state index in [1.54, 1.807) is 38.1 Å². The predicted octanol–water partition coefficient (Wildman–Crippen LogP) is 1.03. The molecular formula is C23H25N5O5. The SMILES string of the molecule is Cc1ccc(C(=O)NC(C(=O)NCC(=O)Nc2cccc3c(=O)[nH][nH]c(=O)c23)C(C)C)cc1. The molecule has 3 aromatic rings. The Balaban J connectivity index is 1.66. The van der Waals surface area contributed by atoms with Crippen LogP contribution in [0.15, 0.2) is 52.1 Å². The summed E-state index contributed by atoms with van der Waals surface area (Å²) in [5.41, 5.74) is 0.509. The number of carbonyl (C=O) groups is 3. The summed E-state index contributed by atoms with van der Waals surface area (Å²) in [5, 5.41) is 12.3. The summed E-state index contributed by atoms with van der Waals surface area (Å²) >= 11 is 0. The molecule has 0 spiro atoms. The summed E-state index contributed by atoms with van der Waals surface area (Å²) in [5.74, 6) is -1.74. The van der Waals surface area contributed by atoms with Gasteiger partial charge in [0.05, 0.1) is 23.0 Å². The van der Waals surface area contributed by atoms with Crippen molar-refractivity contribution in [1.82, 2.24) is 20.8 Å². The molecule has 10 nitrogen and oxygen atoms in total. The van der Waals surface area contributed by atoms with Crippen molar-refractivity contribution in [2.45, 2.75) is 26.8 Å². The van der Waals surface area contributed by atoms with Crippen molar-refractivity contribution in [3.8, 4) is 0 Å². The van der Waals surface area contributed by atoms with Gasteiger partial charge in [-0.05, 0) is 37.1 Å². The van der Waals surface area contributed by atoms with Crippen molar-refractivity contribution in [2.75, 3.05) is 11.9 Å². The van der Waals surface area contributed by atoms with Crippen LogP contribution in [0, 0.1) is 12.8 Å². The van der Waals surface area contributed by atoms with E-state index < -0.39 is 34.9 Å². The number of fused-ring (bicyclic) bond motifs is 1. The fourth-order valence-corrected chi connectivity index (χ4v) is 3.27. The van der Waals surface area contributed by atoms with Gasteiger partial charge >= 0.3 is 0 Å². The molecule has 1 heterocycles. The lowest BCUT2D eigenvalue weighted by Crippen LogP contribution is -2.51. The van der Waals surface area contributed by atoms with Gasteiger partial charge in [-0.2, -0.15) is 0 Å². The third-order valence-corrected chi connectivity index (χ3v) is 5.07. The Bertz CT molecular complexity index is 1310. The average Bonchev–Trinajstić information content (AvgIpc) is 2.78. The summed E-state index contributed by atoms with van der Waals surface area (Å²) in [7, 11) is 0. The molecule has 0 saturated carbocycles. The third-order valence-electron chi connectivity index (χ3n) is 5.07. The zero-order valence-electron chi connectivity index (χ0n) is 18.4. The molecule has 0 aliphatic heterocycles. The number of anilines is 1. The van der Waals surface area contributed by atoms with Gasteiger partial charge in [-0.25, -0.2) is 0 Å². The van der Waals surface area contributed by atoms with Gasteiger partial charge in [-0.3, -0.25) is 34.2 Å². The first-order chi connectivity index (χ1) is 15.7. The highest BCUT2D eigenvalue weighted by Crippen LogP contribution is 2.16.